The fraction of sp³-hybridized carbons (Fsp3) is 0.500. The number of hydrogen-bond acceptors (Lipinski definition) is 4. The van der Waals surface area contributed by atoms with Crippen LogP contribution in [-0.2, 0) is 15.5 Å². The van der Waals surface area contributed by atoms with Gasteiger partial charge in [-0.1, -0.05) is 6.08 Å². The Bertz CT molecular complexity index is 698. The molecule has 0 spiro atoms. The van der Waals surface area contributed by atoms with Crippen molar-refractivity contribution in [1.82, 2.24) is 5.32 Å². The van der Waals surface area contributed by atoms with Crippen LogP contribution in [0.15, 0.2) is 23.7 Å². The Labute approximate surface area is 151 Å². The Hall–Kier alpha value is -1.64. The average Bonchev–Trinajstić information content (AvgIpc) is 2.74. The van der Waals surface area contributed by atoms with Gasteiger partial charge in [0.05, 0.1) is 16.8 Å². The number of likely N-dealkylation sites (N-methyl/N-ethyl adjacent to an activating group) is 1. The second-order valence-corrected chi connectivity index (χ2v) is 7.34. The molecule has 0 aromatic heterocycles. The fourth-order valence-corrected chi connectivity index (χ4v) is 2.61. The second kappa shape index (κ2) is 7.17. The molecular weight excluding hydrogens is 346 g/mol. The number of rotatable bonds is 5. The summed E-state index contributed by atoms with van der Waals surface area (Å²) in [6, 6.07) is 3.24. The number of alkyl halides is 3. The van der Waals surface area contributed by atoms with Crippen LogP contribution >= 0.6 is 0 Å². The van der Waals surface area contributed by atoms with Crippen molar-refractivity contribution < 1.29 is 27.3 Å². The van der Waals surface area contributed by atoms with E-state index >= 15 is 0 Å². The van der Waals surface area contributed by atoms with Crippen LogP contribution in [0.5, 0.6) is 0 Å². The summed E-state index contributed by atoms with van der Waals surface area (Å²) in [6.45, 7) is 7.97. The lowest BCUT2D eigenvalue weighted by molar-refractivity contribution is -0.137. The molecule has 0 saturated carbocycles. The van der Waals surface area contributed by atoms with Crippen LogP contribution in [0.2, 0.25) is 0 Å². The molecule has 0 aliphatic carbocycles. The van der Waals surface area contributed by atoms with Gasteiger partial charge in [-0.05, 0) is 64.0 Å². The normalized spacial score (nSPS) is 19.7. The summed E-state index contributed by atoms with van der Waals surface area (Å²) < 4.78 is 51.2. The summed E-state index contributed by atoms with van der Waals surface area (Å²) in [7, 11) is 1.03. The van der Waals surface area contributed by atoms with E-state index in [1.165, 1.54) is 6.07 Å². The van der Waals surface area contributed by atoms with Gasteiger partial charge in [-0.3, -0.25) is 4.79 Å². The van der Waals surface area contributed by atoms with Crippen molar-refractivity contribution in [3.63, 3.8) is 0 Å². The van der Waals surface area contributed by atoms with Crippen molar-refractivity contribution in [2.45, 2.75) is 45.1 Å². The smallest absolute Gasteiger partial charge is 0.400 e. The first-order valence-corrected chi connectivity index (χ1v) is 8.28. The van der Waals surface area contributed by atoms with Gasteiger partial charge in [0.25, 0.3) is 0 Å². The Morgan fingerprint density at radius 3 is 2.12 bits per heavy atom. The molecule has 0 radical (unpaired) electrons. The van der Waals surface area contributed by atoms with Crippen molar-refractivity contribution in [1.29, 1.82) is 0 Å². The molecule has 0 amide bonds. The Kier molecular flexibility index (Phi) is 5.70. The molecule has 0 atom stereocenters. The monoisotopic (exact) mass is 369 g/mol. The summed E-state index contributed by atoms with van der Waals surface area (Å²) in [5.74, 6) is 0. The van der Waals surface area contributed by atoms with E-state index in [0.29, 0.717) is 18.3 Å². The highest BCUT2D eigenvalue weighted by atomic mass is 19.4. The van der Waals surface area contributed by atoms with Crippen LogP contribution in [0, 0.1) is 0 Å². The molecule has 4 nitrogen and oxygen atoms in total. The molecular formula is C18H23BF3NO3. The Balaban J connectivity index is 2.45. The largest absolute Gasteiger partial charge is 0.491 e. The first kappa shape index (κ1) is 20.7. The van der Waals surface area contributed by atoms with Crippen molar-refractivity contribution in [2.24, 2.45) is 0 Å². The maximum absolute atomic E-state index is 13.1. The molecule has 1 aromatic carbocycles. The molecule has 1 heterocycles. The topological polar surface area (TPSA) is 47.6 Å². The van der Waals surface area contributed by atoms with Gasteiger partial charge >= 0.3 is 13.3 Å². The number of benzene rings is 1. The summed E-state index contributed by atoms with van der Waals surface area (Å²) in [5.41, 5.74) is -1.13. The van der Waals surface area contributed by atoms with Crippen molar-refractivity contribution in [2.75, 3.05) is 13.6 Å². The third-order valence-electron chi connectivity index (χ3n) is 4.73. The van der Waals surface area contributed by atoms with E-state index in [9.17, 15) is 18.0 Å². The number of carbonyl (C=O) groups excluding carboxylic acids is 1. The first-order chi connectivity index (χ1) is 11.9. The molecule has 26 heavy (non-hydrogen) atoms. The van der Waals surface area contributed by atoms with Gasteiger partial charge in [0.15, 0.2) is 0 Å². The number of carbonyl (C=O) groups is 1. The molecule has 142 valence electrons. The summed E-state index contributed by atoms with van der Waals surface area (Å²) in [5, 5.41) is 2.97. The molecule has 8 heteroatoms. The average molecular weight is 369 g/mol. The lowest BCUT2D eigenvalue weighted by atomic mass is 9.77. The number of hydrogen-bond donors (Lipinski definition) is 1. The highest BCUT2D eigenvalue weighted by Crippen LogP contribution is 2.39. The first-order valence-electron chi connectivity index (χ1n) is 8.28. The third kappa shape index (κ3) is 4.36. The van der Waals surface area contributed by atoms with E-state index < -0.39 is 30.1 Å². The minimum absolute atomic E-state index is 0.0381. The lowest BCUT2D eigenvalue weighted by Gasteiger charge is -2.32. The SMILES string of the molecule is CNCC(=Cc1cc(C=O)cc(C(F)(F)F)c1)B1OC(C)(C)C(C)(C)O1. The predicted molar refractivity (Wildman–Crippen MR) is 94.8 cm³/mol. The molecule has 0 bridgehead atoms. The number of halogens is 3. The van der Waals surface area contributed by atoms with Crippen LogP contribution in [0.4, 0.5) is 13.2 Å². The zero-order chi connectivity index (χ0) is 19.8. The molecule has 0 unspecified atom stereocenters. The van der Waals surface area contributed by atoms with Crippen molar-refractivity contribution in [3.05, 3.63) is 40.4 Å². The fourth-order valence-electron chi connectivity index (χ4n) is 2.61. The van der Waals surface area contributed by atoms with Gasteiger partial charge in [-0.15, -0.1) is 0 Å². The molecule has 1 N–H and O–H groups in total. The van der Waals surface area contributed by atoms with Crippen LogP contribution in [0.25, 0.3) is 6.08 Å². The minimum Gasteiger partial charge on any atom is -0.400 e. The van der Waals surface area contributed by atoms with Crippen LogP contribution in [0.1, 0.15) is 49.2 Å². The maximum atomic E-state index is 13.1. The summed E-state index contributed by atoms with van der Waals surface area (Å²) in [6.07, 6.45) is -2.56. The van der Waals surface area contributed by atoms with Gasteiger partial charge in [-0.25, -0.2) is 0 Å². The quantitative estimate of drug-likeness (QED) is 0.635. The minimum atomic E-state index is -4.53. The predicted octanol–water partition coefficient (Wildman–Crippen LogP) is 3.75. The highest BCUT2D eigenvalue weighted by Gasteiger charge is 2.52. The number of nitrogens with one attached hydrogen (secondary N) is 1. The van der Waals surface area contributed by atoms with E-state index in [2.05, 4.69) is 5.32 Å². The summed E-state index contributed by atoms with van der Waals surface area (Å²) >= 11 is 0. The van der Waals surface area contributed by atoms with Gasteiger partial charge in [0.2, 0.25) is 0 Å². The third-order valence-corrected chi connectivity index (χ3v) is 4.73. The van der Waals surface area contributed by atoms with Crippen molar-refractivity contribution >= 4 is 19.5 Å². The highest BCUT2D eigenvalue weighted by molar-refractivity contribution is 6.55. The lowest BCUT2D eigenvalue weighted by Crippen LogP contribution is -2.41. The second-order valence-electron chi connectivity index (χ2n) is 7.34. The van der Waals surface area contributed by atoms with Crippen molar-refractivity contribution in [3.8, 4) is 0 Å². The zero-order valence-corrected chi connectivity index (χ0v) is 15.5. The van der Waals surface area contributed by atoms with Gasteiger partial charge in [0, 0.05) is 12.1 Å². The van der Waals surface area contributed by atoms with E-state index in [0.717, 1.165) is 12.1 Å². The zero-order valence-electron chi connectivity index (χ0n) is 15.5. The molecule has 1 aliphatic heterocycles. The Morgan fingerprint density at radius 2 is 1.65 bits per heavy atom. The van der Waals surface area contributed by atoms with Crippen LogP contribution in [0.3, 0.4) is 0 Å². The molecule has 1 aromatic rings. The maximum Gasteiger partial charge on any atom is 0.491 e. The standard InChI is InChI=1S/C18H23BF3NO3/c1-16(2)17(3,4)26-19(25-16)15(10-23-5)9-12-6-13(11-24)8-14(7-12)18(20,21)22/h6-9,11,23H,10H2,1-5H3. The molecule has 2 rings (SSSR count). The molecule has 1 aliphatic rings. The Morgan fingerprint density at radius 1 is 1.12 bits per heavy atom. The van der Waals surface area contributed by atoms with Crippen LogP contribution in [-0.4, -0.2) is 38.2 Å². The van der Waals surface area contributed by atoms with Gasteiger partial charge in [-0.2, -0.15) is 13.2 Å². The van der Waals surface area contributed by atoms with Crippen LogP contribution < -0.4 is 5.32 Å². The molecule has 1 fully saturated rings. The number of aldehydes is 1. The van der Waals surface area contributed by atoms with E-state index in [1.54, 1.807) is 13.1 Å². The van der Waals surface area contributed by atoms with E-state index in [1.807, 2.05) is 27.7 Å². The van der Waals surface area contributed by atoms with Gasteiger partial charge in [0.1, 0.15) is 6.29 Å². The van der Waals surface area contributed by atoms with E-state index in [4.69, 9.17) is 9.31 Å². The van der Waals surface area contributed by atoms with E-state index in [-0.39, 0.29) is 11.1 Å². The summed E-state index contributed by atoms with van der Waals surface area (Å²) in [4.78, 5) is 11.0. The molecule has 1 saturated heterocycles. The van der Waals surface area contributed by atoms with Gasteiger partial charge < -0.3 is 14.6 Å².